The van der Waals surface area contributed by atoms with Crippen LogP contribution >= 0.6 is 0 Å². The van der Waals surface area contributed by atoms with Gasteiger partial charge in [0.05, 0.1) is 0 Å². The molecule has 0 aliphatic carbocycles. The van der Waals surface area contributed by atoms with Crippen LogP contribution in [0, 0.1) is 17.6 Å². The van der Waals surface area contributed by atoms with E-state index in [0.717, 1.165) is 23.3 Å². The number of rotatable bonds is 7. The van der Waals surface area contributed by atoms with Gasteiger partial charge in [0.25, 0.3) is 0 Å². The van der Waals surface area contributed by atoms with Gasteiger partial charge in [0, 0.05) is 24.7 Å². The summed E-state index contributed by atoms with van der Waals surface area (Å²) in [6, 6.07) is 17.3. The van der Waals surface area contributed by atoms with Crippen LogP contribution in [0.15, 0.2) is 72.8 Å². The van der Waals surface area contributed by atoms with E-state index in [4.69, 9.17) is 0 Å². The van der Waals surface area contributed by atoms with Gasteiger partial charge in [0.15, 0.2) is 11.2 Å². The number of nitrogens with zero attached hydrogens (tertiary/aromatic N) is 1. The second kappa shape index (κ2) is 10.1. The molecule has 0 amide bonds. The minimum Gasteiger partial charge on any atom is -0.406 e. The number of benzene rings is 3. The molecule has 4 nitrogen and oxygen atoms in total. The maximum Gasteiger partial charge on any atom is 0.573 e. The van der Waals surface area contributed by atoms with Gasteiger partial charge >= 0.3 is 6.36 Å². The average molecular weight is 497 g/mol. The van der Waals surface area contributed by atoms with Crippen LogP contribution in [-0.2, 0) is 11.2 Å². The molecule has 3 aromatic carbocycles. The zero-order valence-corrected chi connectivity index (χ0v) is 18.6. The average Bonchev–Trinajstić information content (AvgIpc) is 3.27. The summed E-state index contributed by atoms with van der Waals surface area (Å²) in [6.07, 6.45) is -4.08. The van der Waals surface area contributed by atoms with E-state index in [1.165, 1.54) is 36.4 Å². The maximum atomic E-state index is 13.5. The van der Waals surface area contributed by atoms with Crippen LogP contribution in [0.4, 0.5) is 27.6 Å². The lowest BCUT2D eigenvalue weighted by molar-refractivity contribution is -0.274. The second-order valence-corrected chi connectivity index (χ2v) is 9.16. The number of alkyl halides is 3. The monoisotopic (exact) mass is 496 g/mol. The van der Waals surface area contributed by atoms with Gasteiger partial charge in [-0.3, -0.25) is 4.72 Å². The van der Waals surface area contributed by atoms with E-state index >= 15 is 0 Å². The van der Waals surface area contributed by atoms with Crippen molar-refractivity contribution in [2.24, 2.45) is 5.92 Å². The van der Waals surface area contributed by atoms with Crippen molar-refractivity contribution in [1.29, 1.82) is 0 Å². The summed E-state index contributed by atoms with van der Waals surface area (Å²) in [6.45, 7) is 0.965. The Morgan fingerprint density at radius 1 is 0.882 bits per heavy atom. The van der Waals surface area contributed by atoms with Gasteiger partial charge in [0.2, 0.25) is 0 Å². The summed E-state index contributed by atoms with van der Waals surface area (Å²) in [5.41, 5.74) is 2.13. The smallest absolute Gasteiger partial charge is 0.406 e. The van der Waals surface area contributed by atoms with E-state index in [0.29, 0.717) is 25.2 Å². The van der Waals surface area contributed by atoms with Crippen LogP contribution in [0.1, 0.15) is 23.5 Å². The Hall–Kier alpha value is -2.98. The summed E-state index contributed by atoms with van der Waals surface area (Å²) in [4.78, 5) is 0. The molecule has 2 atom stereocenters. The highest BCUT2D eigenvalue weighted by molar-refractivity contribution is 7.84. The highest BCUT2D eigenvalue weighted by atomic mass is 32.2. The Morgan fingerprint density at radius 3 is 1.91 bits per heavy atom. The van der Waals surface area contributed by atoms with Crippen LogP contribution in [0.2, 0.25) is 0 Å². The maximum absolute atomic E-state index is 13.5. The third-order valence-electron chi connectivity index (χ3n) is 5.64. The molecule has 1 heterocycles. The molecule has 0 aromatic heterocycles. The molecule has 3 aromatic rings. The number of hydrogen-bond donors (Lipinski definition) is 1. The van der Waals surface area contributed by atoms with Gasteiger partial charge in [-0.15, -0.1) is 13.2 Å². The first-order valence-corrected chi connectivity index (χ1v) is 11.6. The van der Waals surface area contributed by atoms with Crippen molar-refractivity contribution < 1.29 is 30.9 Å². The van der Waals surface area contributed by atoms with Crippen molar-refractivity contribution >= 4 is 16.9 Å². The molecule has 0 bridgehead atoms. The Labute approximate surface area is 196 Å². The second-order valence-electron chi connectivity index (χ2n) is 7.94. The molecule has 180 valence electrons. The van der Waals surface area contributed by atoms with Crippen LogP contribution in [0.5, 0.6) is 5.75 Å². The van der Waals surface area contributed by atoms with E-state index in [1.807, 2.05) is 0 Å². The fraction of sp³-hybridized carbons (Fsp3) is 0.250. The largest absolute Gasteiger partial charge is 0.573 e. The quantitative estimate of drug-likeness (QED) is 0.407. The molecule has 0 spiro atoms. The first-order chi connectivity index (χ1) is 16.2. The molecule has 1 aliphatic heterocycles. The molecule has 4 rings (SSSR count). The number of anilines is 1. The molecular weight excluding hydrogens is 475 g/mol. The minimum absolute atomic E-state index is 0.0317. The number of nitrogens with one attached hydrogen (secondary N) is 1. The topological polar surface area (TPSA) is 41.6 Å². The lowest BCUT2D eigenvalue weighted by atomic mass is 9.80. The van der Waals surface area contributed by atoms with Crippen molar-refractivity contribution in [3.05, 3.63) is 95.6 Å². The summed E-state index contributed by atoms with van der Waals surface area (Å²) >= 11 is -1.63. The van der Waals surface area contributed by atoms with Crippen LogP contribution in [-0.4, -0.2) is 28.0 Å². The molecule has 1 fully saturated rings. The van der Waals surface area contributed by atoms with E-state index in [-0.39, 0.29) is 29.2 Å². The van der Waals surface area contributed by atoms with Crippen LogP contribution in [0.25, 0.3) is 0 Å². The molecular formula is C24H21F5N2O2S. The van der Waals surface area contributed by atoms with Gasteiger partial charge in [-0.05, 0) is 72.0 Å². The van der Waals surface area contributed by atoms with Crippen molar-refractivity contribution in [3.63, 3.8) is 0 Å². The van der Waals surface area contributed by atoms with E-state index in [9.17, 15) is 26.2 Å². The zero-order valence-electron chi connectivity index (χ0n) is 17.8. The van der Waals surface area contributed by atoms with Crippen molar-refractivity contribution in [2.75, 3.05) is 17.8 Å². The van der Waals surface area contributed by atoms with Crippen molar-refractivity contribution in [3.8, 4) is 5.75 Å². The summed E-state index contributed by atoms with van der Waals surface area (Å²) in [5.74, 6) is -1.20. The van der Waals surface area contributed by atoms with Gasteiger partial charge in [0.1, 0.15) is 17.4 Å². The first kappa shape index (κ1) is 24.2. The van der Waals surface area contributed by atoms with Crippen molar-refractivity contribution in [1.82, 2.24) is 4.31 Å². The number of halogens is 5. The standard InChI is InChI=1S/C24H21F5N2O2S/c25-19-5-1-16(2-6-19)23(17-3-7-20(26)8-4-17)18-13-14-31(15-18)34(32)30-21-9-11-22(12-10-21)33-24(27,28)29/h1-12,18,23,30H,13-15H2. The molecule has 2 unspecified atom stereocenters. The SMILES string of the molecule is O=S(Nc1ccc(OC(F)(F)F)cc1)N1CCC(C(c2ccc(F)cc2)c2ccc(F)cc2)C1. The van der Waals surface area contributed by atoms with E-state index in [1.54, 1.807) is 28.6 Å². The summed E-state index contributed by atoms with van der Waals surface area (Å²) < 4.78 is 85.2. The lowest BCUT2D eigenvalue weighted by Crippen LogP contribution is -2.29. The van der Waals surface area contributed by atoms with Gasteiger partial charge < -0.3 is 4.74 Å². The fourth-order valence-corrected chi connectivity index (χ4v) is 5.21. The van der Waals surface area contributed by atoms with E-state index < -0.39 is 17.5 Å². The number of hydrogen-bond acceptors (Lipinski definition) is 2. The third kappa shape index (κ3) is 6.12. The Bertz CT molecular complexity index is 1080. The lowest BCUT2D eigenvalue weighted by Gasteiger charge is -2.25. The molecule has 0 saturated carbocycles. The molecule has 1 N–H and O–H groups in total. The predicted octanol–water partition coefficient (Wildman–Crippen LogP) is 6.01. The highest BCUT2D eigenvalue weighted by Gasteiger charge is 2.34. The summed E-state index contributed by atoms with van der Waals surface area (Å²) in [5, 5.41) is 0. The molecule has 10 heteroatoms. The Balaban J connectivity index is 1.46. The Kier molecular flexibility index (Phi) is 7.18. The third-order valence-corrected chi connectivity index (χ3v) is 6.86. The summed E-state index contributed by atoms with van der Waals surface area (Å²) in [7, 11) is 0. The highest BCUT2D eigenvalue weighted by Crippen LogP contribution is 2.38. The first-order valence-electron chi connectivity index (χ1n) is 10.5. The van der Waals surface area contributed by atoms with Gasteiger partial charge in [-0.25, -0.2) is 17.3 Å². The molecule has 1 aliphatic rings. The Morgan fingerprint density at radius 2 is 1.41 bits per heavy atom. The molecule has 1 saturated heterocycles. The van der Waals surface area contributed by atoms with Gasteiger partial charge in [-0.2, -0.15) is 0 Å². The molecule has 34 heavy (non-hydrogen) atoms. The number of ether oxygens (including phenoxy) is 1. The minimum atomic E-state index is -4.78. The van der Waals surface area contributed by atoms with Gasteiger partial charge in [-0.1, -0.05) is 24.3 Å². The molecule has 0 radical (unpaired) electrons. The van der Waals surface area contributed by atoms with E-state index in [2.05, 4.69) is 9.46 Å². The fourth-order valence-electron chi connectivity index (χ4n) is 4.14. The zero-order chi connectivity index (χ0) is 24.3. The van der Waals surface area contributed by atoms with Crippen molar-refractivity contribution in [2.45, 2.75) is 18.7 Å². The predicted molar refractivity (Wildman–Crippen MR) is 119 cm³/mol. The van der Waals surface area contributed by atoms with Crippen LogP contribution in [0.3, 0.4) is 0 Å². The normalized spacial score (nSPS) is 17.6. The van der Waals surface area contributed by atoms with Crippen LogP contribution < -0.4 is 9.46 Å².